The van der Waals surface area contributed by atoms with Gasteiger partial charge in [-0.3, -0.25) is 19.5 Å². The van der Waals surface area contributed by atoms with E-state index in [0.717, 1.165) is 42.5 Å². The number of aromatic amines is 1. The van der Waals surface area contributed by atoms with Crippen LogP contribution in [0.2, 0.25) is 0 Å². The van der Waals surface area contributed by atoms with E-state index >= 15 is 0 Å². The highest BCUT2D eigenvalue weighted by Crippen LogP contribution is 2.23. The number of halogens is 1. The Hall–Kier alpha value is -3.27. The Morgan fingerprint density at radius 1 is 1.24 bits per heavy atom. The van der Waals surface area contributed by atoms with Crippen molar-refractivity contribution in [3.63, 3.8) is 0 Å². The van der Waals surface area contributed by atoms with Crippen LogP contribution in [0.25, 0.3) is 0 Å². The molecule has 2 aromatic rings. The van der Waals surface area contributed by atoms with Crippen LogP contribution in [0.5, 0.6) is 0 Å². The number of rotatable bonds is 5. The number of hydrogen-bond donors (Lipinski definition) is 4. The van der Waals surface area contributed by atoms with Crippen molar-refractivity contribution in [1.82, 2.24) is 25.7 Å². The van der Waals surface area contributed by atoms with Gasteiger partial charge in [-0.25, -0.2) is 4.39 Å². The van der Waals surface area contributed by atoms with Gasteiger partial charge < -0.3 is 20.6 Å². The van der Waals surface area contributed by atoms with Crippen molar-refractivity contribution in [2.24, 2.45) is 5.92 Å². The van der Waals surface area contributed by atoms with E-state index in [-0.39, 0.29) is 36.1 Å². The first-order chi connectivity index (χ1) is 15.9. The lowest BCUT2D eigenvalue weighted by Gasteiger charge is -2.21. The van der Waals surface area contributed by atoms with Gasteiger partial charge in [0.25, 0.3) is 12.4 Å². The summed E-state index contributed by atoms with van der Waals surface area (Å²) in [6.45, 7) is 1.46. The molecule has 33 heavy (non-hydrogen) atoms. The number of hydrogen-bond acceptors (Lipinski definition) is 5. The average Bonchev–Trinajstić information content (AvgIpc) is 3.35. The fourth-order valence-electron chi connectivity index (χ4n) is 4.44. The van der Waals surface area contributed by atoms with E-state index in [1.807, 2.05) is 7.05 Å². The van der Waals surface area contributed by atoms with Gasteiger partial charge in [0.2, 0.25) is 5.91 Å². The Balaban J connectivity index is 0.000000968. The molecule has 1 aliphatic heterocycles. The van der Waals surface area contributed by atoms with Crippen molar-refractivity contribution in [2.45, 2.75) is 44.7 Å². The van der Waals surface area contributed by atoms with Crippen LogP contribution in [-0.2, 0) is 29.0 Å². The SMILES string of the molecule is CN1C[C@@H](NC(=O)c2n[nH]c3c2CCC3)CC[C@@H](C(=O)NCc2ccc(F)cc2)C1.O=CO. The molecule has 9 nitrogen and oxygen atoms in total. The number of carboxylic acid groups (broad SMARTS) is 1. The van der Waals surface area contributed by atoms with Gasteiger partial charge in [-0.2, -0.15) is 5.10 Å². The lowest BCUT2D eigenvalue weighted by Crippen LogP contribution is -2.42. The predicted molar refractivity (Wildman–Crippen MR) is 119 cm³/mol. The second-order valence-electron chi connectivity index (χ2n) is 8.50. The molecular weight excluding hydrogens is 429 g/mol. The van der Waals surface area contributed by atoms with Crippen LogP contribution in [0, 0.1) is 11.7 Å². The molecule has 2 heterocycles. The predicted octanol–water partition coefficient (Wildman–Crippen LogP) is 1.49. The van der Waals surface area contributed by atoms with E-state index in [1.54, 1.807) is 12.1 Å². The summed E-state index contributed by atoms with van der Waals surface area (Å²) >= 11 is 0. The number of amides is 2. The van der Waals surface area contributed by atoms with Crippen LogP contribution < -0.4 is 10.6 Å². The normalized spacial score (nSPS) is 20.1. The van der Waals surface area contributed by atoms with Crippen LogP contribution in [0.15, 0.2) is 24.3 Å². The summed E-state index contributed by atoms with van der Waals surface area (Å²) in [5.74, 6) is -0.578. The number of fused-ring (bicyclic) bond motifs is 1. The van der Waals surface area contributed by atoms with Crippen LogP contribution in [0.4, 0.5) is 4.39 Å². The van der Waals surface area contributed by atoms with Gasteiger partial charge in [0.1, 0.15) is 5.82 Å². The van der Waals surface area contributed by atoms with E-state index in [4.69, 9.17) is 9.90 Å². The van der Waals surface area contributed by atoms with Gasteiger partial charge in [0.15, 0.2) is 5.69 Å². The molecule has 2 atom stereocenters. The topological polar surface area (TPSA) is 127 Å². The van der Waals surface area contributed by atoms with E-state index < -0.39 is 0 Å². The van der Waals surface area contributed by atoms with Crippen molar-refractivity contribution in [2.75, 3.05) is 20.1 Å². The number of carbonyl (C=O) groups is 3. The molecule has 4 N–H and O–H groups in total. The lowest BCUT2D eigenvalue weighted by atomic mass is 10.0. The fourth-order valence-corrected chi connectivity index (χ4v) is 4.44. The maximum atomic E-state index is 13.0. The molecule has 0 saturated carbocycles. The molecule has 0 bridgehead atoms. The van der Waals surface area contributed by atoms with Gasteiger partial charge in [0, 0.05) is 36.9 Å². The van der Waals surface area contributed by atoms with Crippen LogP contribution in [0.1, 0.15) is 46.6 Å². The van der Waals surface area contributed by atoms with Gasteiger partial charge in [-0.05, 0) is 56.8 Å². The molecule has 1 aromatic heterocycles. The third-order valence-corrected chi connectivity index (χ3v) is 6.04. The van der Waals surface area contributed by atoms with E-state index in [0.29, 0.717) is 31.7 Å². The summed E-state index contributed by atoms with van der Waals surface area (Å²) < 4.78 is 13.0. The number of carbonyl (C=O) groups excluding carboxylic acids is 2. The van der Waals surface area contributed by atoms with Gasteiger partial charge in [-0.1, -0.05) is 12.1 Å². The minimum absolute atomic E-state index is 0.0109. The third-order valence-electron chi connectivity index (χ3n) is 6.04. The largest absolute Gasteiger partial charge is 0.483 e. The Morgan fingerprint density at radius 2 is 1.97 bits per heavy atom. The Kier molecular flexibility index (Phi) is 8.53. The lowest BCUT2D eigenvalue weighted by molar-refractivity contribution is -0.126. The van der Waals surface area contributed by atoms with E-state index in [9.17, 15) is 14.0 Å². The number of aryl methyl sites for hydroxylation is 1. The summed E-state index contributed by atoms with van der Waals surface area (Å²) in [7, 11) is 1.97. The summed E-state index contributed by atoms with van der Waals surface area (Å²) in [5, 5.41) is 20.1. The first kappa shape index (κ1) is 24.4. The van der Waals surface area contributed by atoms with Crippen LogP contribution in [-0.4, -0.2) is 64.7 Å². The third kappa shape index (κ3) is 6.61. The molecule has 1 aromatic carbocycles. The molecule has 1 aliphatic carbocycles. The smallest absolute Gasteiger partial charge is 0.290 e. The zero-order chi connectivity index (χ0) is 23.8. The quantitative estimate of drug-likeness (QED) is 0.502. The van der Waals surface area contributed by atoms with Crippen molar-refractivity contribution >= 4 is 18.3 Å². The second kappa shape index (κ2) is 11.6. The first-order valence-corrected chi connectivity index (χ1v) is 11.1. The zero-order valence-corrected chi connectivity index (χ0v) is 18.6. The summed E-state index contributed by atoms with van der Waals surface area (Å²) in [6.07, 6.45) is 4.34. The molecule has 0 unspecified atom stereocenters. The monoisotopic (exact) mass is 459 g/mol. The maximum Gasteiger partial charge on any atom is 0.290 e. The minimum Gasteiger partial charge on any atom is -0.483 e. The van der Waals surface area contributed by atoms with Crippen LogP contribution in [0.3, 0.4) is 0 Å². The molecule has 2 aliphatic rings. The number of likely N-dealkylation sites (N-methyl/N-ethyl adjacent to an activating group) is 1. The Morgan fingerprint density at radius 3 is 2.70 bits per heavy atom. The number of aromatic nitrogens is 2. The second-order valence-corrected chi connectivity index (χ2v) is 8.50. The highest BCUT2D eigenvalue weighted by molar-refractivity contribution is 5.94. The molecule has 4 rings (SSSR count). The number of H-pyrrole nitrogens is 1. The van der Waals surface area contributed by atoms with E-state index in [1.165, 1.54) is 12.1 Å². The van der Waals surface area contributed by atoms with Gasteiger partial charge >= 0.3 is 0 Å². The zero-order valence-electron chi connectivity index (χ0n) is 18.6. The molecule has 1 saturated heterocycles. The molecule has 0 radical (unpaired) electrons. The molecule has 2 amide bonds. The van der Waals surface area contributed by atoms with Gasteiger partial charge in [-0.15, -0.1) is 0 Å². The summed E-state index contributed by atoms with van der Waals surface area (Å²) in [4.78, 5) is 35.9. The number of benzene rings is 1. The molecule has 10 heteroatoms. The highest BCUT2D eigenvalue weighted by atomic mass is 19.1. The summed E-state index contributed by atoms with van der Waals surface area (Å²) in [6, 6.07) is 6.11. The molecule has 178 valence electrons. The average molecular weight is 460 g/mol. The first-order valence-electron chi connectivity index (χ1n) is 11.1. The molecular formula is C23H30FN5O4. The number of likely N-dealkylation sites (tertiary alicyclic amines) is 1. The van der Waals surface area contributed by atoms with Crippen molar-refractivity contribution in [3.05, 3.63) is 52.6 Å². The van der Waals surface area contributed by atoms with Crippen molar-refractivity contribution < 1.29 is 23.9 Å². The highest BCUT2D eigenvalue weighted by Gasteiger charge is 2.29. The number of nitrogens with one attached hydrogen (secondary N) is 3. The Bertz CT molecular complexity index is 962. The Labute approximate surface area is 191 Å². The maximum absolute atomic E-state index is 13.0. The van der Waals surface area contributed by atoms with Crippen molar-refractivity contribution in [1.29, 1.82) is 0 Å². The molecule has 0 spiro atoms. The van der Waals surface area contributed by atoms with E-state index in [2.05, 4.69) is 25.7 Å². The standard InChI is InChI=1S/C22H28FN5O2.CH2O2/c1-28-12-15(21(29)24-11-14-5-8-16(23)9-6-14)7-10-17(13-28)25-22(30)20-18-3-2-4-19(18)26-27-20;2-1-3/h5-6,8-9,15,17H,2-4,7,10-13H2,1H3,(H,24,29)(H,25,30)(H,26,27);1H,(H,2,3)/t15-,17+;/m1./s1. The molecule has 1 fully saturated rings. The van der Waals surface area contributed by atoms with Gasteiger partial charge in [0.05, 0.1) is 5.92 Å². The van der Waals surface area contributed by atoms with Crippen molar-refractivity contribution in [3.8, 4) is 0 Å². The fraction of sp³-hybridized carbons (Fsp3) is 0.478. The minimum atomic E-state index is -0.289. The van der Waals surface area contributed by atoms with Crippen LogP contribution >= 0.6 is 0 Å². The number of nitrogens with zero attached hydrogens (tertiary/aromatic N) is 2. The summed E-state index contributed by atoms with van der Waals surface area (Å²) in [5.41, 5.74) is 3.51.